The van der Waals surface area contributed by atoms with E-state index < -0.39 is 5.60 Å². The summed E-state index contributed by atoms with van der Waals surface area (Å²) in [5, 5.41) is 31.5. The highest BCUT2D eigenvalue weighted by atomic mass is 16.3. The lowest BCUT2D eigenvalue weighted by Crippen LogP contribution is -2.54. The molecule has 0 bridgehead atoms. The Balaban J connectivity index is 2.41. The first-order valence-corrected chi connectivity index (χ1v) is 8.74. The van der Waals surface area contributed by atoms with Crippen molar-refractivity contribution in [3.63, 3.8) is 0 Å². The fourth-order valence-electron chi connectivity index (χ4n) is 3.85. The van der Waals surface area contributed by atoms with Crippen molar-refractivity contribution in [2.75, 3.05) is 0 Å². The number of benzene rings is 1. The van der Waals surface area contributed by atoms with Crippen LogP contribution in [0, 0.1) is 11.3 Å². The molecule has 0 heterocycles. The van der Waals surface area contributed by atoms with Gasteiger partial charge in [0.2, 0.25) is 0 Å². The minimum Gasteiger partial charge on any atom is -0.508 e. The molecule has 1 fully saturated rings. The quantitative estimate of drug-likeness (QED) is 0.553. The summed E-state index contributed by atoms with van der Waals surface area (Å²) < 4.78 is 0. The molecule has 3 nitrogen and oxygen atoms in total. The maximum absolute atomic E-state index is 11.6. The fourth-order valence-corrected chi connectivity index (χ4v) is 3.85. The number of phenolic OH excluding ortho intramolecular Hbond substituents is 2. The molecular formula is C21H30O3. The van der Waals surface area contributed by atoms with E-state index in [1.165, 1.54) is 17.7 Å². The van der Waals surface area contributed by atoms with Gasteiger partial charge in [0.15, 0.2) is 0 Å². The molecule has 0 saturated heterocycles. The molecule has 0 aromatic heterocycles. The molecule has 0 spiro atoms. The van der Waals surface area contributed by atoms with Gasteiger partial charge in [0, 0.05) is 17.4 Å². The summed E-state index contributed by atoms with van der Waals surface area (Å²) in [6, 6.07) is 4.49. The lowest BCUT2D eigenvalue weighted by molar-refractivity contribution is -0.118. The zero-order valence-electron chi connectivity index (χ0n) is 15.2. The zero-order chi connectivity index (χ0) is 18.0. The van der Waals surface area contributed by atoms with E-state index in [9.17, 15) is 15.3 Å². The topological polar surface area (TPSA) is 60.7 Å². The number of hydrogen-bond donors (Lipinski definition) is 3. The highest BCUT2D eigenvalue weighted by Crippen LogP contribution is 2.50. The number of aliphatic hydroxyl groups is 1. The molecule has 2 rings (SSSR count). The van der Waals surface area contributed by atoms with E-state index in [0.29, 0.717) is 12.0 Å². The third-order valence-corrected chi connectivity index (χ3v) is 5.55. The number of allylic oxidation sites excluding steroid dienone is 3. The van der Waals surface area contributed by atoms with Gasteiger partial charge in [-0.1, -0.05) is 44.1 Å². The molecule has 0 amide bonds. The van der Waals surface area contributed by atoms with Crippen molar-refractivity contribution in [3.8, 4) is 11.5 Å². The molecule has 132 valence electrons. The molecule has 1 aromatic rings. The van der Waals surface area contributed by atoms with Crippen LogP contribution in [0.5, 0.6) is 11.5 Å². The van der Waals surface area contributed by atoms with E-state index >= 15 is 0 Å². The molecule has 3 atom stereocenters. The Labute approximate surface area is 145 Å². The Bertz CT molecular complexity index is 642. The Kier molecular flexibility index (Phi) is 5.44. The summed E-state index contributed by atoms with van der Waals surface area (Å²) in [5.41, 5.74) is 0.456. The first-order valence-electron chi connectivity index (χ1n) is 8.74. The van der Waals surface area contributed by atoms with Gasteiger partial charge >= 0.3 is 0 Å². The molecule has 1 aliphatic carbocycles. The standard InChI is InChI=1S/C21H30O3/c1-15(2)7-5-11-20(4)12-6-8-16(3)21(20,24)14-17-13-18(22)9-10-19(17)23/h5,7,9-11,13,16,22-24H,6,8,12,14H2,1-4H3/b11-5+/t16-,20-,21+/m0/s1. The van der Waals surface area contributed by atoms with Crippen LogP contribution in [0.3, 0.4) is 0 Å². The molecule has 1 saturated carbocycles. The molecule has 0 radical (unpaired) electrons. The van der Waals surface area contributed by atoms with Crippen LogP contribution in [0.1, 0.15) is 52.5 Å². The molecule has 24 heavy (non-hydrogen) atoms. The van der Waals surface area contributed by atoms with Crippen LogP contribution in [0.4, 0.5) is 0 Å². The number of aromatic hydroxyl groups is 2. The van der Waals surface area contributed by atoms with E-state index in [0.717, 1.165) is 19.3 Å². The predicted octanol–water partition coefficient (Wildman–Crippen LogP) is 4.72. The van der Waals surface area contributed by atoms with Crippen molar-refractivity contribution >= 4 is 0 Å². The summed E-state index contributed by atoms with van der Waals surface area (Å²) in [5.74, 6) is 0.334. The van der Waals surface area contributed by atoms with Crippen LogP contribution in [0.2, 0.25) is 0 Å². The van der Waals surface area contributed by atoms with Crippen LogP contribution in [-0.4, -0.2) is 20.9 Å². The molecule has 3 heteroatoms. The largest absolute Gasteiger partial charge is 0.508 e. The number of phenols is 2. The van der Waals surface area contributed by atoms with Crippen molar-refractivity contribution in [3.05, 3.63) is 47.6 Å². The maximum Gasteiger partial charge on any atom is 0.119 e. The normalized spacial score (nSPS) is 30.5. The molecule has 3 N–H and O–H groups in total. The highest BCUT2D eigenvalue weighted by molar-refractivity contribution is 5.40. The SMILES string of the molecule is CC(C)=C/C=C/[C@@]1(C)CCC[C@H](C)[C@]1(O)Cc1cc(O)ccc1O. The predicted molar refractivity (Wildman–Crippen MR) is 98.1 cm³/mol. The van der Waals surface area contributed by atoms with Gasteiger partial charge in [-0.05, 0) is 50.8 Å². The van der Waals surface area contributed by atoms with Crippen molar-refractivity contribution < 1.29 is 15.3 Å². The van der Waals surface area contributed by atoms with Crippen molar-refractivity contribution in [2.45, 2.75) is 59.0 Å². The summed E-state index contributed by atoms with van der Waals surface area (Å²) in [7, 11) is 0. The van der Waals surface area contributed by atoms with Gasteiger partial charge in [-0.2, -0.15) is 0 Å². The lowest BCUT2D eigenvalue weighted by Gasteiger charge is -2.51. The lowest BCUT2D eigenvalue weighted by atomic mass is 9.57. The van der Waals surface area contributed by atoms with Gasteiger partial charge in [0.25, 0.3) is 0 Å². The monoisotopic (exact) mass is 330 g/mol. The molecule has 0 aliphatic heterocycles. The third kappa shape index (κ3) is 3.67. The molecule has 0 unspecified atom stereocenters. The average Bonchev–Trinajstić information content (AvgIpc) is 2.49. The van der Waals surface area contributed by atoms with Crippen LogP contribution in [0.25, 0.3) is 0 Å². The fraction of sp³-hybridized carbons (Fsp3) is 0.524. The second-order valence-electron chi connectivity index (χ2n) is 7.73. The van der Waals surface area contributed by atoms with E-state index in [2.05, 4.69) is 26.0 Å². The van der Waals surface area contributed by atoms with Crippen LogP contribution in [0.15, 0.2) is 42.0 Å². The zero-order valence-corrected chi connectivity index (χ0v) is 15.2. The summed E-state index contributed by atoms with van der Waals surface area (Å²) in [6.07, 6.45) is 9.45. The van der Waals surface area contributed by atoms with Gasteiger partial charge in [0.1, 0.15) is 11.5 Å². The van der Waals surface area contributed by atoms with Crippen molar-refractivity contribution in [2.24, 2.45) is 11.3 Å². The maximum atomic E-state index is 11.6. The van der Waals surface area contributed by atoms with Crippen molar-refractivity contribution in [1.82, 2.24) is 0 Å². The van der Waals surface area contributed by atoms with E-state index in [-0.39, 0.29) is 22.8 Å². The molecular weight excluding hydrogens is 300 g/mol. The Morgan fingerprint density at radius 1 is 1.29 bits per heavy atom. The molecule has 1 aliphatic rings. The summed E-state index contributed by atoms with van der Waals surface area (Å²) in [6.45, 7) is 8.27. The van der Waals surface area contributed by atoms with E-state index in [1.54, 1.807) is 6.07 Å². The van der Waals surface area contributed by atoms with Gasteiger partial charge in [0.05, 0.1) is 5.60 Å². The van der Waals surface area contributed by atoms with Crippen LogP contribution >= 0.6 is 0 Å². The second-order valence-corrected chi connectivity index (χ2v) is 7.73. The molecule has 1 aromatic carbocycles. The smallest absolute Gasteiger partial charge is 0.119 e. The third-order valence-electron chi connectivity index (χ3n) is 5.55. The Morgan fingerprint density at radius 3 is 2.67 bits per heavy atom. The summed E-state index contributed by atoms with van der Waals surface area (Å²) in [4.78, 5) is 0. The Morgan fingerprint density at radius 2 is 2.00 bits per heavy atom. The Hall–Kier alpha value is -1.74. The number of hydrogen-bond acceptors (Lipinski definition) is 3. The summed E-state index contributed by atoms with van der Waals surface area (Å²) >= 11 is 0. The van der Waals surface area contributed by atoms with Crippen molar-refractivity contribution in [1.29, 1.82) is 0 Å². The highest BCUT2D eigenvalue weighted by Gasteiger charge is 2.51. The van der Waals surface area contributed by atoms with Gasteiger partial charge in [-0.15, -0.1) is 0 Å². The van der Waals surface area contributed by atoms with Gasteiger partial charge in [-0.3, -0.25) is 0 Å². The van der Waals surface area contributed by atoms with Crippen LogP contribution < -0.4 is 0 Å². The number of rotatable bonds is 4. The first-order chi connectivity index (χ1) is 11.2. The minimum atomic E-state index is -0.970. The first kappa shape index (κ1) is 18.6. The van der Waals surface area contributed by atoms with Crippen LogP contribution in [-0.2, 0) is 6.42 Å². The van der Waals surface area contributed by atoms with Gasteiger partial charge < -0.3 is 15.3 Å². The van der Waals surface area contributed by atoms with E-state index in [4.69, 9.17) is 0 Å². The average molecular weight is 330 g/mol. The second kappa shape index (κ2) is 7.02. The van der Waals surface area contributed by atoms with E-state index in [1.807, 2.05) is 19.9 Å². The van der Waals surface area contributed by atoms with Gasteiger partial charge in [-0.25, -0.2) is 0 Å². The minimum absolute atomic E-state index is 0.106.